The number of pyridine rings is 1. The summed E-state index contributed by atoms with van der Waals surface area (Å²) in [6, 6.07) is 7.51. The fraction of sp³-hybridized carbons (Fsp3) is 0.500. The van der Waals surface area contributed by atoms with Crippen LogP contribution in [0.25, 0.3) is 0 Å². The van der Waals surface area contributed by atoms with Gasteiger partial charge in [0.2, 0.25) is 5.88 Å². The van der Waals surface area contributed by atoms with Gasteiger partial charge in [0, 0.05) is 57.1 Å². The van der Waals surface area contributed by atoms with E-state index in [4.69, 9.17) is 4.74 Å². The number of hydrogen-bond donors (Lipinski definition) is 0. The quantitative estimate of drug-likeness (QED) is 0.799. The van der Waals surface area contributed by atoms with Gasteiger partial charge in [0.05, 0.1) is 7.11 Å². The van der Waals surface area contributed by atoms with Crippen LogP contribution in [0.2, 0.25) is 0 Å². The number of amides is 1. The Hall–Kier alpha value is -2.90. The van der Waals surface area contributed by atoms with Crippen LogP contribution in [0.3, 0.4) is 0 Å². The zero-order valence-electron chi connectivity index (χ0n) is 16.3. The van der Waals surface area contributed by atoms with Crippen molar-refractivity contribution < 1.29 is 9.53 Å². The number of carbonyl (C=O) groups is 1. The van der Waals surface area contributed by atoms with Crippen molar-refractivity contribution in [1.29, 1.82) is 0 Å². The molecule has 28 heavy (non-hydrogen) atoms. The van der Waals surface area contributed by atoms with Gasteiger partial charge in [-0.1, -0.05) is 0 Å². The highest BCUT2D eigenvalue weighted by Crippen LogP contribution is 2.20. The number of ether oxygens (including phenoxy) is 1. The summed E-state index contributed by atoms with van der Waals surface area (Å²) in [5.74, 6) is 2.29. The van der Waals surface area contributed by atoms with Gasteiger partial charge >= 0.3 is 0 Å². The predicted molar refractivity (Wildman–Crippen MR) is 107 cm³/mol. The maximum absolute atomic E-state index is 12.7. The first-order valence-corrected chi connectivity index (χ1v) is 9.87. The van der Waals surface area contributed by atoms with Crippen LogP contribution in [-0.2, 0) is 0 Å². The van der Waals surface area contributed by atoms with Gasteiger partial charge in [-0.05, 0) is 37.5 Å². The fourth-order valence-electron chi connectivity index (χ4n) is 3.75. The Labute approximate surface area is 165 Å². The van der Waals surface area contributed by atoms with E-state index in [1.165, 1.54) is 19.3 Å². The van der Waals surface area contributed by atoms with Crippen molar-refractivity contribution in [2.24, 2.45) is 0 Å². The number of carbonyl (C=O) groups excluding carboxylic acids is 1. The summed E-state index contributed by atoms with van der Waals surface area (Å²) < 4.78 is 5.11. The molecule has 2 fully saturated rings. The van der Waals surface area contributed by atoms with E-state index in [-0.39, 0.29) is 5.91 Å². The van der Waals surface area contributed by atoms with E-state index < -0.39 is 0 Å². The number of hydrogen-bond acceptors (Lipinski definition) is 7. The zero-order valence-corrected chi connectivity index (χ0v) is 16.3. The van der Waals surface area contributed by atoms with Gasteiger partial charge in [0.15, 0.2) is 11.6 Å². The van der Waals surface area contributed by atoms with Gasteiger partial charge in [-0.15, -0.1) is 10.2 Å². The molecule has 0 atom stereocenters. The van der Waals surface area contributed by atoms with Crippen molar-refractivity contribution in [2.45, 2.75) is 19.3 Å². The summed E-state index contributed by atoms with van der Waals surface area (Å²) in [5, 5.41) is 8.87. The molecular weight excluding hydrogens is 356 g/mol. The summed E-state index contributed by atoms with van der Waals surface area (Å²) >= 11 is 0. The number of piperazine rings is 1. The van der Waals surface area contributed by atoms with E-state index in [1.807, 2.05) is 11.0 Å². The fourth-order valence-corrected chi connectivity index (χ4v) is 3.75. The third-order valence-electron chi connectivity index (χ3n) is 5.40. The molecule has 4 heterocycles. The molecule has 148 valence electrons. The summed E-state index contributed by atoms with van der Waals surface area (Å²) in [5.41, 5.74) is 0.603. The van der Waals surface area contributed by atoms with E-state index in [0.717, 1.165) is 37.8 Å². The lowest BCUT2D eigenvalue weighted by Gasteiger charge is -2.35. The Morgan fingerprint density at radius 1 is 0.893 bits per heavy atom. The molecule has 0 bridgehead atoms. The molecule has 0 N–H and O–H groups in total. The molecule has 2 aromatic rings. The minimum atomic E-state index is 0.00637. The van der Waals surface area contributed by atoms with Crippen LogP contribution in [0, 0.1) is 0 Å². The lowest BCUT2D eigenvalue weighted by atomic mass is 10.1. The van der Waals surface area contributed by atoms with E-state index in [1.54, 1.807) is 25.4 Å². The predicted octanol–water partition coefficient (Wildman–Crippen LogP) is 1.83. The van der Waals surface area contributed by atoms with Crippen LogP contribution >= 0.6 is 0 Å². The second-order valence-corrected chi connectivity index (χ2v) is 7.16. The molecule has 8 heteroatoms. The molecule has 2 aliphatic heterocycles. The third kappa shape index (κ3) is 4.00. The lowest BCUT2D eigenvalue weighted by Crippen LogP contribution is -2.49. The van der Waals surface area contributed by atoms with Crippen molar-refractivity contribution in [3.8, 4) is 5.88 Å². The Balaban J connectivity index is 1.35. The molecule has 4 rings (SSSR count). The Kier molecular flexibility index (Phi) is 5.55. The largest absolute Gasteiger partial charge is 0.481 e. The van der Waals surface area contributed by atoms with E-state index in [2.05, 4.69) is 31.0 Å². The topological polar surface area (TPSA) is 74.7 Å². The minimum absolute atomic E-state index is 0.00637. The highest BCUT2D eigenvalue weighted by molar-refractivity contribution is 5.94. The van der Waals surface area contributed by atoms with Crippen molar-refractivity contribution in [3.05, 3.63) is 36.0 Å². The van der Waals surface area contributed by atoms with Crippen LogP contribution in [-0.4, -0.2) is 72.4 Å². The zero-order chi connectivity index (χ0) is 19.3. The molecule has 0 aliphatic carbocycles. The first-order valence-electron chi connectivity index (χ1n) is 9.87. The van der Waals surface area contributed by atoms with E-state index >= 15 is 0 Å². The lowest BCUT2D eigenvalue weighted by molar-refractivity contribution is 0.0746. The van der Waals surface area contributed by atoms with Crippen molar-refractivity contribution >= 4 is 17.5 Å². The van der Waals surface area contributed by atoms with Crippen molar-refractivity contribution in [1.82, 2.24) is 20.1 Å². The molecule has 2 aliphatic rings. The van der Waals surface area contributed by atoms with Crippen LogP contribution in [0.5, 0.6) is 5.88 Å². The summed E-state index contributed by atoms with van der Waals surface area (Å²) in [6.07, 6.45) is 5.35. The van der Waals surface area contributed by atoms with Gasteiger partial charge in [0.25, 0.3) is 5.91 Å². The Morgan fingerprint density at radius 2 is 1.54 bits per heavy atom. The molecular formula is C20H26N6O2. The van der Waals surface area contributed by atoms with Gasteiger partial charge < -0.3 is 19.4 Å². The maximum atomic E-state index is 12.7. The average Bonchev–Trinajstić information content (AvgIpc) is 2.79. The van der Waals surface area contributed by atoms with Gasteiger partial charge in [-0.3, -0.25) is 4.79 Å². The molecule has 0 unspecified atom stereocenters. The van der Waals surface area contributed by atoms with Crippen LogP contribution in [0.4, 0.5) is 11.6 Å². The number of rotatable bonds is 4. The van der Waals surface area contributed by atoms with Gasteiger partial charge in [0.1, 0.15) is 0 Å². The van der Waals surface area contributed by atoms with Crippen LogP contribution < -0.4 is 14.5 Å². The number of piperidine rings is 1. The van der Waals surface area contributed by atoms with Crippen LogP contribution in [0.15, 0.2) is 30.5 Å². The first kappa shape index (κ1) is 18.5. The highest BCUT2D eigenvalue weighted by Gasteiger charge is 2.24. The van der Waals surface area contributed by atoms with Gasteiger partial charge in [-0.2, -0.15) is 0 Å². The molecule has 0 radical (unpaired) electrons. The normalized spacial score (nSPS) is 17.5. The molecule has 8 nitrogen and oxygen atoms in total. The molecule has 0 saturated carbocycles. The first-order chi connectivity index (χ1) is 13.7. The van der Waals surface area contributed by atoms with E-state index in [0.29, 0.717) is 24.5 Å². The second-order valence-electron chi connectivity index (χ2n) is 7.16. The Bertz CT molecular complexity index is 799. The van der Waals surface area contributed by atoms with Crippen molar-refractivity contribution in [3.63, 3.8) is 0 Å². The number of nitrogens with zero attached hydrogens (tertiary/aromatic N) is 6. The van der Waals surface area contributed by atoms with Gasteiger partial charge in [-0.25, -0.2) is 4.98 Å². The van der Waals surface area contributed by atoms with E-state index in [9.17, 15) is 4.79 Å². The third-order valence-corrected chi connectivity index (χ3v) is 5.40. The number of methoxy groups -OCH3 is 1. The monoisotopic (exact) mass is 382 g/mol. The second kappa shape index (κ2) is 8.41. The Morgan fingerprint density at radius 3 is 2.14 bits per heavy atom. The number of anilines is 2. The van der Waals surface area contributed by atoms with Crippen LogP contribution in [0.1, 0.15) is 29.6 Å². The highest BCUT2D eigenvalue weighted by atomic mass is 16.5. The average molecular weight is 382 g/mol. The SMILES string of the molecule is COc1cc(C(=O)N2CCN(c3ccc(N4CCCCC4)nn3)CC2)ccn1. The minimum Gasteiger partial charge on any atom is -0.481 e. The number of aromatic nitrogens is 3. The molecule has 0 aromatic carbocycles. The summed E-state index contributed by atoms with van der Waals surface area (Å²) in [7, 11) is 1.55. The molecule has 1 amide bonds. The molecule has 2 saturated heterocycles. The summed E-state index contributed by atoms with van der Waals surface area (Å²) in [4.78, 5) is 23.1. The molecule has 2 aromatic heterocycles. The van der Waals surface area contributed by atoms with Crippen molar-refractivity contribution in [2.75, 3.05) is 56.2 Å². The standard InChI is InChI=1S/C20H26N6O2/c1-28-19-15-16(7-8-21-19)20(27)26-13-11-25(12-14-26)18-6-5-17(22-23-18)24-9-3-2-4-10-24/h5-8,15H,2-4,9-14H2,1H3. The smallest absolute Gasteiger partial charge is 0.254 e. The summed E-state index contributed by atoms with van der Waals surface area (Å²) in [6.45, 7) is 4.92. The maximum Gasteiger partial charge on any atom is 0.254 e. The molecule has 0 spiro atoms.